The van der Waals surface area contributed by atoms with E-state index in [1.165, 1.54) is 16.8 Å². The number of nitrogens with zero attached hydrogens (tertiary/aromatic N) is 4. The van der Waals surface area contributed by atoms with Crippen molar-refractivity contribution in [2.75, 3.05) is 0 Å². The lowest BCUT2D eigenvalue weighted by Gasteiger charge is -2.13. The SMILES string of the molecule is Cc1nccc(=O)n1-c1ccc(Oc2ccn(C)n2)c(Cl)c1Cl. The fourth-order valence-electron chi connectivity index (χ4n) is 2.13. The molecule has 0 aliphatic heterocycles. The summed E-state index contributed by atoms with van der Waals surface area (Å²) in [5.41, 5.74) is 0.203. The molecule has 2 heterocycles. The molecule has 0 aliphatic rings. The van der Waals surface area contributed by atoms with E-state index in [-0.39, 0.29) is 15.6 Å². The normalized spacial score (nSPS) is 10.8. The molecule has 2 aromatic heterocycles. The summed E-state index contributed by atoms with van der Waals surface area (Å²) in [6.07, 6.45) is 3.19. The van der Waals surface area contributed by atoms with E-state index in [2.05, 4.69) is 10.1 Å². The van der Waals surface area contributed by atoms with E-state index < -0.39 is 0 Å². The highest BCUT2D eigenvalue weighted by Crippen LogP contribution is 2.38. The van der Waals surface area contributed by atoms with E-state index in [0.717, 1.165) is 0 Å². The molecular weight excluding hydrogens is 339 g/mol. The Morgan fingerprint density at radius 3 is 2.57 bits per heavy atom. The average Bonchev–Trinajstić information content (AvgIpc) is 2.91. The first-order valence-corrected chi connectivity index (χ1v) is 7.43. The van der Waals surface area contributed by atoms with Crippen LogP contribution in [0.2, 0.25) is 10.0 Å². The maximum absolute atomic E-state index is 12.1. The molecule has 3 rings (SSSR count). The molecule has 0 N–H and O–H groups in total. The van der Waals surface area contributed by atoms with Crippen molar-refractivity contribution in [3.8, 4) is 17.3 Å². The average molecular weight is 351 g/mol. The van der Waals surface area contributed by atoms with Gasteiger partial charge in [-0.15, -0.1) is 5.10 Å². The minimum absolute atomic E-state index is 0.199. The van der Waals surface area contributed by atoms with Crippen LogP contribution in [-0.2, 0) is 7.05 Å². The molecule has 0 fully saturated rings. The summed E-state index contributed by atoms with van der Waals surface area (Å²) in [5, 5.41) is 4.52. The number of hydrogen-bond donors (Lipinski definition) is 0. The number of aromatic nitrogens is 4. The van der Waals surface area contributed by atoms with Gasteiger partial charge in [0.2, 0.25) is 5.88 Å². The molecule has 0 bridgehead atoms. The molecule has 0 radical (unpaired) electrons. The Morgan fingerprint density at radius 1 is 1.13 bits per heavy atom. The monoisotopic (exact) mass is 350 g/mol. The minimum Gasteiger partial charge on any atom is -0.436 e. The van der Waals surface area contributed by atoms with E-state index in [1.54, 1.807) is 43.0 Å². The van der Waals surface area contributed by atoms with Gasteiger partial charge in [-0.2, -0.15) is 0 Å². The first kappa shape index (κ1) is 15.6. The molecule has 0 amide bonds. The van der Waals surface area contributed by atoms with Crippen molar-refractivity contribution in [1.29, 1.82) is 0 Å². The van der Waals surface area contributed by atoms with Gasteiger partial charge in [0, 0.05) is 31.6 Å². The fraction of sp³-hybridized carbons (Fsp3) is 0.133. The zero-order valence-electron chi connectivity index (χ0n) is 12.3. The second-order valence-electron chi connectivity index (χ2n) is 4.81. The van der Waals surface area contributed by atoms with Gasteiger partial charge in [-0.05, 0) is 19.1 Å². The molecule has 0 unspecified atom stereocenters. The molecule has 0 aliphatic carbocycles. The van der Waals surface area contributed by atoms with E-state index in [4.69, 9.17) is 27.9 Å². The van der Waals surface area contributed by atoms with Crippen LogP contribution in [0.3, 0.4) is 0 Å². The van der Waals surface area contributed by atoms with Crippen molar-refractivity contribution in [2.24, 2.45) is 7.05 Å². The molecule has 0 spiro atoms. The number of benzene rings is 1. The zero-order chi connectivity index (χ0) is 16.6. The lowest BCUT2D eigenvalue weighted by atomic mass is 10.3. The van der Waals surface area contributed by atoms with Gasteiger partial charge in [-0.1, -0.05) is 23.2 Å². The van der Waals surface area contributed by atoms with Crippen molar-refractivity contribution < 1.29 is 4.74 Å². The second-order valence-corrected chi connectivity index (χ2v) is 5.56. The third kappa shape index (κ3) is 2.95. The van der Waals surface area contributed by atoms with Crippen molar-refractivity contribution in [3.05, 3.63) is 62.9 Å². The van der Waals surface area contributed by atoms with Crippen LogP contribution in [0.25, 0.3) is 5.69 Å². The molecule has 3 aromatic rings. The summed E-state index contributed by atoms with van der Waals surface area (Å²) in [7, 11) is 1.78. The topological polar surface area (TPSA) is 61.9 Å². The summed E-state index contributed by atoms with van der Waals surface area (Å²) < 4.78 is 8.61. The largest absolute Gasteiger partial charge is 0.436 e. The van der Waals surface area contributed by atoms with E-state index in [1.807, 2.05) is 0 Å². The lowest BCUT2D eigenvalue weighted by molar-refractivity contribution is 0.454. The van der Waals surface area contributed by atoms with Crippen LogP contribution in [0.1, 0.15) is 5.82 Å². The maximum Gasteiger partial charge on any atom is 0.258 e. The summed E-state index contributed by atoms with van der Waals surface area (Å²) in [4.78, 5) is 16.2. The van der Waals surface area contributed by atoms with Crippen LogP contribution in [-0.4, -0.2) is 19.3 Å². The highest BCUT2D eigenvalue weighted by Gasteiger charge is 2.16. The fourth-order valence-corrected chi connectivity index (χ4v) is 2.57. The third-order valence-corrected chi connectivity index (χ3v) is 4.05. The molecule has 6 nitrogen and oxygen atoms in total. The summed E-state index contributed by atoms with van der Waals surface area (Å²) in [5.74, 6) is 1.26. The number of halogens is 2. The molecule has 0 saturated heterocycles. The Kier molecular flexibility index (Phi) is 4.11. The van der Waals surface area contributed by atoms with E-state index in [0.29, 0.717) is 23.1 Å². The maximum atomic E-state index is 12.1. The predicted molar refractivity (Wildman–Crippen MR) is 87.9 cm³/mol. The number of rotatable bonds is 3. The smallest absolute Gasteiger partial charge is 0.258 e. The molecule has 0 atom stereocenters. The van der Waals surface area contributed by atoms with Crippen LogP contribution >= 0.6 is 23.2 Å². The van der Waals surface area contributed by atoms with Crippen molar-refractivity contribution in [1.82, 2.24) is 19.3 Å². The van der Waals surface area contributed by atoms with Gasteiger partial charge in [0.05, 0.1) is 10.7 Å². The van der Waals surface area contributed by atoms with Crippen molar-refractivity contribution in [3.63, 3.8) is 0 Å². The Labute approximate surface area is 141 Å². The lowest BCUT2D eigenvalue weighted by Crippen LogP contribution is -2.20. The Balaban J connectivity index is 2.06. The van der Waals surface area contributed by atoms with Gasteiger partial charge in [0.15, 0.2) is 0 Å². The second kappa shape index (κ2) is 6.06. The molecule has 8 heteroatoms. The zero-order valence-corrected chi connectivity index (χ0v) is 13.8. The van der Waals surface area contributed by atoms with Crippen LogP contribution in [0.4, 0.5) is 0 Å². The van der Waals surface area contributed by atoms with Crippen LogP contribution in [0.15, 0.2) is 41.5 Å². The standard InChI is InChI=1S/C15H12Cl2N4O2/c1-9-18-7-5-13(22)21(9)10-3-4-11(15(17)14(10)16)23-12-6-8-20(2)19-12/h3-8H,1-2H3. The van der Waals surface area contributed by atoms with Crippen LogP contribution in [0, 0.1) is 6.92 Å². The van der Waals surface area contributed by atoms with E-state index >= 15 is 0 Å². The highest BCUT2D eigenvalue weighted by atomic mass is 35.5. The van der Waals surface area contributed by atoms with Crippen LogP contribution in [0.5, 0.6) is 11.6 Å². The Bertz CT molecular complexity index is 933. The number of hydrogen-bond acceptors (Lipinski definition) is 4. The molecule has 1 aromatic carbocycles. The Hall–Kier alpha value is -2.31. The number of ether oxygens (including phenoxy) is 1. The van der Waals surface area contributed by atoms with Gasteiger partial charge in [0.25, 0.3) is 5.56 Å². The molecule has 0 saturated carbocycles. The summed E-state index contributed by atoms with van der Waals surface area (Å²) in [6.45, 7) is 1.71. The minimum atomic E-state index is -0.242. The summed E-state index contributed by atoms with van der Waals surface area (Å²) in [6, 6.07) is 6.35. The Morgan fingerprint density at radius 2 is 1.91 bits per heavy atom. The van der Waals surface area contributed by atoms with Gasteiger partial charge in [-0.3, -0.25) is 14.0 Å². The van der Waals surface area contributed by atoms with Gasteiger partial charge in [-0.25, -0.2) is 4.98 Å². The van der Waals surface area contributed by atoms with E-state index in [9.17, 15) is 4.79 Å². The third-order valence-electron chi connectivity index (χ3n) is 3.19. The summed E-state index contributed by atoms with van der Waals surface area (Å²) >= 11 is 12.6. The molecular formula is C15H12Cl2N4O2. The van der Waals surface area contributed by atoms with Crippen molar-refractivity contribution in [2.45, 2.75) is 6.92 Å². The predicted octanol–water partition coefficient (Wildman–Crippen LogP) is 3.37. The molecule has 118 valence electrons. The quantitative estimate of drug-likeness (QED) is 0.726. The van der Waals surface area contributed by atoms with Crippen molar-refractivity contribution >= 4 is 23.2 Å². The van der Waals surface area contributed by atoms with Gasteiger partial charge < -0.3 is 4.74 Å². The molecule has 23 heavy (non-hydrogen) atoms. The van der Waals surface area contributed by atoms with Gasteiger partial charge >= 0.3 is 0 Å². The van der Waals surface area contributed by atoms with Gasteiger partial charge in [0.1, 0.15) is 16.6 Å². The first-order valence-electron chi connectivity index (χ1n) is 6.68. The van der Waals surface area contributed by atoms with Crippen LogP contribution < -0.4 is 10.3 Å². The number of aryl methyl sites for hydroxylation is 2. The first-order chi connectivity index (χ1) is 11.0. The highest BCUT2D eigenvalue weighted by molar-refractivity contribution is 6.44.